The summed E-state index contributed by atoms with van der Waals surface area (Å²) >= 11 is 0. The maximum atomic E-state index is 12.1. The van der Waals surface area contributed by atoms with E-state index in [2.05, 4.69) is 9.93 Å². The van der Waals surface area contributed by atoms with Crippen LogP contribution in [0.3, 0.4) is 0 Å². The molecule has 0 unspecified atom stereocenters. The highest BCUT2D eigenvalue weighted by atomic mass is 32.2. The van der Waals surface area contributed by atoms with Crippen molar-refractivity contribution in [1.29, 1.82) is 0 Å². The Bertz CT molecular complexity index is 859. The maximum absolute atomic E-state index is 12.1. The van der Waals surface area contributed by atoms with Gasteiger partial charge in [0, 0.05) is 17.7 Å². The van der Waals surface area contributed by atoms with Gasteiger partial charge in [0.25, 0.3) is 15.7 Å². The first kappa shape index (κ1) is 16.6. The average molecular weight is 333 g/mol. The molecule has 2 rings (SSSR count). The molecule has 2 aromatic carbocycles. The number of hydrazone groups is 1. The molecule has 0 atom stereocenters. The van der Waals surface area contributed by atoms with E-state index in [0.717, 1.165) is 5.56 Å². The number of hydrogen-bond acceptors (Lipinski definition) is 5. The molecule has 0 radical (unpaired) electrons. The highest BCUT2D eigenvalue weighted by Gasteiger charge is 2.13. The number of nitrogens with zero attached hydrogens (tertiary/aromatic N) is 2. The lowest BCUT2D eigenvalue weighted by atomic mass is 10.1. The van der Waals surface area contributed by atoms with Gasteiger partial charge in [0.05, 0.1) is 15.5 Å². The van der Waals surface area contributed by atoms with Gasteiger partial charge in [-0.3, -0.25) is 10.1 Å². The lowest BCUT2D eigenvalue weighted by Gasteiger charge is -2.06. The van der Waals surface area contributed by atoms with E-state index in [-0.39, 0.29) is 10.6 Å². The van der Waals surface area contributed by atoms with Gasteiger partial charge >= 0.3 is 0 Å². The summed E-state index contributed by atoms with van der Waals surface area (Å²) in [6.07, 6.45) is 0. The van der Waals surface area contributed by atoms with Crippen LogP contribution in [-0.2, 0) is 10.0 Å². The summed E-state index contributed by atoms with van der Waals surface area (Å²) in [5.74, 6) is 0. The molecule has 0 saturated heterocycles. The minimum absolute atomic E-state index is 0.0848. The van der Waals surface area contributed by atoms with E-state index < -0.39 is 14.9 Å². The average Bonchev–Trinajstić information content (AvgIpc) is 2.53. The quantitative estimate of drug-likeness (QED) is 0.516. The molecule has 0 saturated carbocycles. The van der Waals surface area contributed by atoms with E-state index in [1.807, 2.05) is 6.92 Å². The van der Waals surface area contributed by atoms with E-state index in [0.29, 0.717) is 11.3 Å². The molecule has 8 heteroatoms. The standard InChI is InChI=1S/C15H15N3O4S/c1-11-6-8-15(9-7-11)23(21,22)17-16-12(2)13-4-3-5-14(10-13)18(19)20/h3-10,17H,1-2H3. The van der Waals surface area contributed by atoms with Gasteiger partial charge in [-0.2, -0.15) is 18.4 Å². The van der Waals surface area contributed by atoms with Gasteiger partial charge in [-0.05, 0) is 26.0 Å². The van der Waals surface area contributed by atoms with Gasteiger partial charge < -0.3 is 0 Å². The number of hydrogen-bond donors (Lipinski definition) is 1. The van der Waals surface area contributed by atoms with Gasteiger partial charge in [-0.1, -0.05) is 29.8 Å². The minimum atomic E-state index is -3.78. The van der Waals surface area contributed by atoms with Crippen molar-refractivity contribution >= 4 is 21.4 Å². The van der Waals surface area contributed by atoms with Crippen LogP contribution >= 0.6 is 0 Å². The molecule has 0 spiro atoms. The van der Waals surface area contributed by atoms with Crippen molar-refractivity contribution in [3.63, 3.8) is 0 Å². The van der Waals surface area contributed by atoms with E-state index >= 15 is 0 Å². The molecule has 0 aliphatic rings. The molecule has 1 N–H and O–H groups in total. The number of nitrogens with one attached hydrogen (secondary N) is 1. The number of rotatable bonds is 5. The first-order valence-corrected chi connectivity index (χ1v) is 8.15. The van der Waals surface area contributed by atoms with Crippen LogP contribution in [0.15, 0.2) is 58.5 Å². The van der Waals surface area contributed by atoms with Crippen LogP contribution in [0.2, 0.25) is 0 Å². The third-order valence-corrected chi connectivity index (χ3v) is 4.36. The van der Waals surface area contributed by atoms with Crippen LogP contribution in [0.25, 0.3) is 0 Å². The Kier molecular flexibility index (Phi) is 4.75. The molecule has 0 aliphatic carbocycles. The molecule has 0 bridgehead atoms. The summed E-state index contributed by atoms with van der Waals surface area (Å²) in [5.41, 5.74) is 1.65. The third-order valence-electron chi connectivity index (χ3n) is 3.14. The Morgan fingerprint density at radius 1 is 1.17 bits per heavy atom. The first-order chi connectivity index (χ1) is 10.8. The lowest BCUT2D eigenvalue weighted by molar-refractivity contribution is -0.384. The van der Waals surface area contributed by atoms with Gasteiger partial charge in [0.15, 0.2) is 0 Å². The Morgan fingerprint density at radius 2 is 1.83 bits per heavy atom. The molecule has 23 heavy (non-hydrogen) atoms. The van der Waals surface area contributed by atoms with Gasteiger partial charge in [-0.15, -0.1) is 0 Å². The second-order valence-corrected chi connectivity index (χ2v) is 6.57. The van der Waals surface area contributed by atoms with Crippen molar-refractivity contribution in [2.24, 2.45) is 5.10 Å². The topological polar surface area (TPSA) is 102 Å². The van der Waals surface area contributed by atoms with Crippen LogP contribution in [0.5, 0.6) is 0 Å². The van der Waals surface area contributed by atoms with Crippen molar-refractivity contribution in [1.82, 2.24) is 4.83 Å². The second-order valence-electron chi connectivity index (χ2n) is 4.91. The van der Waals surface area contributed by atoms with Crippen molar-refractivity contribution < 1.29 is 13.3 Å². The summed E-state index contributed by atoms with van der Waals surface area (Å²) in [7, 11) is -3.78. The fourth-order valence-corrected chi connectivity index (χ4v) is 2.66. The molecule has 7 nitrogen and oxygen atoms in total. The SMILES string of the molecule is CC(=NNS(=O)(=O)c1ccc(C)cc1)c1cccc([N+](=O)[O-])c1. The van der Waals surface area contributed by atoms with E-state index in [4.69, 9.17) is 0 Å². The molecule has 0 fully saturated rings. The summed E-state index contributed by atoms with van der Waals surface area (Å²) in [4.78, 5) is 12.5. The smallest absolute Gasteiger partial charge is 0.258 e. The largest absolute Gasteiger partial charge is 0.276 e. The summed E-state index contributed by atoms with van der Waals surface area (Å²) in [5, 5.41) is 14.6. The van der Waals surface area contributed by atoms with Crippen LogP contribution in [0.1, 0.15) is 18.1 Å². The monoisotopic (exact) mass is 333 g/mol. The Labute approximate surface area is 133 Å². The molecule has 0 aromatic heterocycles. The number of benzene rings is 2. The van der Waals surface area contributed by atoms with Crippen molar-refractivity contribution in [3.05, 3.63) is 69.8 Å². The van der Waals surface area contributed by atoms with Crippen molar-refractivity contribution in [3.8, 4) is 0 Å². The van der Waals surface area contributed by atoms with Gasteiger partial charge in [0.1, 0.15) is 0 Å². The molecule has 2 aromatic rings. The highest BCUT2D eigenvalue weighted by molar-refractivity contribution is 7.89. The van der Waals surface area contributed by atoms with Crippen LogP contribution in [-0.4, -0.2) is 19.1 Å². The zero-order valence-electron chi connectivity index (χ0n) is 12.6. The van der Waals surface area contributed by atoms with Crippen LogP contribution in [0.4, 0.5) is 5.69 Å². The molecule has 0 aliphatic heterocycles. The zero-order valence-corrected chi connectivity index (χ0v) is 13.4. The fourth-order valence-electron chi connectivity index (χ4n) is 1.81. The number of non-ortho nitro benzene ring substituents is 1. The predicted octanol–water partition coefficient (Wildman–Crippen LogP) is 2.61. The molecule has 0 heterocycles. The van der Waals surface area contributed by atoms with E-state index in [1.54, 1.807) is 25.1 Å². The van der Waals surface area contributed by atoms with E-state index in [1.165, 1.54) is 30.3 Å². The number of sulfonamides is 1. The maximum Gasteiger partial charge on any atom is 0.276 e. The summed E-state index contributed by atoms with van der Waals surface area (Å²) in [6, 6.07) is 12.2. The predicted molar refractivity (Wildman–Crippen MR) is 86.8 cm³/mol. The highest BCUT2D eigenvalue weighted by Crippen LogP contribution is 2.14. The summed E-state index contributed by atoms with van der Waals surface area (Å²) < 4.78 is 24.3. The first-order valence-electron chi connectivity index (χ1n) is 6.67. The number of nitro groups is 1. The Morgan fingerprint density at radius 3 is 2.43 bits per heavy atom. The second kappa shape index (κ2) is 6.57. The zero-order chi connectivity index (χ0) is 17.0. The van der Waals surface area contributed by atoms with Gasteiger partial charge in [-0.25, -0.2) is 0 Å². The normalized spacial score (nSPS) is 12.0. The third kappa shape index (κ3) is 4.13. The van der Waals surface area contributed by atoms with E-state index in [9.17, 15) is 18.5 Å². The minimum Gasteiger partial charge on any atom is -0.258 e. The van der Waals surface area contributed by atoms with Gasteiger partial charge in [0.2, 0.25) is 0 Å². The van der Waals surface area contributed by atoms with Crippen LogP contribution in [0, 0.1) is 17.0 Å². The number of aryl methyl sites for hydroxylation is 1. The van der Waals surface area contributed by atoms with Crippen molar-refractivity contribution in [2.75, 3.05) is 0 Å². The van der Waals surface area contributed by atoms with Crippen molar-refractivity contribution in [2.45, 2.75) is 18.7 Å². The molecular formula is C15H15N3O4S. The molecular weight excluding hydrogens is 318 g/mol. The fraction of sp³-hybridized carbons (Fsp3) is 0.133. The Balaban J connectivity index is 2.23. The lowest BCUT2D eigenvalue weighted by Crippen LogP contribution is -2.20. The van der Waals surface area contributed by atoms with Crippen LogP contribution < -0.4 is 4.83 Å². The molecule has 120 valence electrons. The number of nitro benzene ring substituents is 1. The summed E-state index contributed by atoms with van der Waals surface area (Å²) in [6.45, 7) is 3.42. The molecule has 0 amide bonds. The Hall–Kier alpha value is -2.74.